The SMILES string of the molecule is C[S+](C)(=O)CC(=O)c1ccc(N(Cc2ccccc2)Cc2ccccc2)cc1.FC(F)(F)c1ccc([B-](c2ccc(C(F)(F)F)cc2)(c2ccc(C(F)(F)F)cc2)c2ccc(C(F)(F)F)cc2)cc1. The fourth-order valence-corrected chi connectivity index (χ4v) is 8.90. The molecule has 0 atom stereocenters. The predicted octanol–water partition coefficient (Wildman–Crippen LogP) is 12.0. The minimum absolute atomic E-state index is 0.0114. The first-order chi connectivity index (χ1) is 32.2. The van der Waals surface area contributed by atoms with Crippen LogP contribution in [0.15, 0.2) is 182 Å². The summed E-state index contributed by atoms with van der Waals surface area (Å²) in [4.78, 5) is 14.6. The smallest absolute Gasteiger partial charge is 0.363 e. The third kappa shape index (κ3) is 13.1. The van der Waals surface area contributed by atoms with E-state index in [9.17, 15) is 61.7 Å². The fourth-order valence-electron chi connectivity index (χ4n) is 8.10. The molecule has 0 spiro atoms. The van der Waals surface area contributed by atoms with E-state index >= 15 is 0 Å². The van der Waals surface area contributed by atoms with Gasteiger partial charge in [0, 0.05) is 24.3 Å². The number of Topliss-reactive ketones (excluding diaryl/α,β-unsaturated/α-hetero) is 1. The van der Waals surface area contributed by atoms with Crippen molar-refractivity contribution < 1.29 is 61.7 Å². The van der Waals surface area contributed by atoms with Gasteiger partial charge < -0.3 is 4.90 Å². The number of ketones is 1. The summed E-state index contributed by atoms with van der Waals surface area (Å²) in [5, 5.41) is 0. The molecule has 0 bridgehead atoms. The van der Waals surface area contributed by atoms with Crippen molar-refractivity contribution in [1.82, 2.24) is 0 Å². The van der Waals surface area contributed by atoms with Crippen LogP contribution in [0.4, 0.5) is 58.4 Å². The third-order valence-corrected chi connectivity index (χ3v) is 12.4. The first kappa shape index (κ1) is 51.8. The molecule has 3 nitrogen and oxygen atoms in total. The number of hydrogen-bond acceptors (Lipinski definition) is 3. The van der Waals surface area contributed by atoms with Crippen LogP contribution >= 0.6 is 0 Å². The second-order valence-corrected chi connectivity index (χ2v) is 19.9. The van der Waals surface area contributed by atoms with Crippen LogP contribution in [0.5, 0.6) is 0 Å². The number of carbonyl (C=O) groups excluding carboxylic acids is 1. The number of anilines is 1. The van der Waals surface area contributed by atoms with Crippen LogP contribution in [0, 0.1) is 0 Å². The van der Waals surface area contributed by atoms with Crippen LogP contribution in [0.1, 0.15) is 43.7 Å². The highest BCUT2D eigenvalue weighted by atomic mass is 32.2. The number of carbonyl (C=O) groups is 1. The van der Waals surface area contributed by atoms with E-state index in [1.54, 1.807) is 12.5 Å². The highest BCUT2D eigenvalue weighted by Gasteiger charge is 2.38. The lowest BCUT2D eigenvalue weighted by Gasteiger charge is -2.44. The maximum absolute atomic E-state index is 13.3. The van der Waals surface area contributed by atoms with Gasteiger partial charge in [0.15, 0.2) is 5.75 Å². The molecule has 69 heavy (non-hydrogen) atoms. The number of benzene rings is 7. The van der Waals surface area contributed by atoms with E-state index < -0.39 is 63.0 Å². The van der Waals surface area contributed by atoms with Crippen LogP contribution in [-0.4, -0.2) is 30.2 Å². The number of halogens is 12. The Balaban J connectivity index is 0.000000243. The molecular weight excluding hydrogens is 941 g/mol. The van der Waals surface area contributed by atoms with E-state index in [4.69, 9.17) is 0 Å². The normalized spacial score (nSPS) is 12.5. The highest BCUT2D eigenvalue weighted by molar-refractivity contribution is 8.02. The Bertz CT molecular complexity index is 2550. The zero-order chi connectivity index (χ0) is 50.4. The molecule has 0 amide bonds. The molecule has 0 radical (unpaired) electrons. The van der Waals surface area contributed by atoms with Crippen LogP contribution in [0.25, 0.3) is 0 Å². The predicted molar refractivity (Wildman–Crippen MR) is 248 cm³/mol. The van der Waals surface area contributed by atoms with Crippen LogP contribution in [0.3, 0.4) is 0 Å². The zero-order valence-corrected chi connectivity index (χ0v) is 37.5. The van der Waals surface area contributed by atoms with Gasteiger partial charge in [0.2, 0.25) is 5.78 Å². The highest BCUT2D eigenvalue weighted by Crippen LogP contribution is 2.33. The standard InChI is InChI=1S/C28H16BF12.C24H26NO2S/c30-25(31,32)17-1-9-21(10-2-17)29(22-11-3-18(4-12-22)26(33,34)35,23-13-5-19(6-14-23)27(36,37)38)24-15-7-20(8-16-24)28(39,40)41;1-28(2,27)19-24(26)22-13-15-23(16-14-22)25(17-20-9-5-3-6-10-20)18-21-11-7-4-8-12-21/h1-16H;3-16H,17-19H2,1-2H3/q-1;+1. The summed E-state index contributed by atoms with van der Waals surface area (Å²) in [6.07, 6.45) is -18.7. The molecule has 7 rings (SSSR count). The van der Waals surface area contributed by atoms with Crippen LogP contribution < -0.4 is 26.8 Å². The van der Waals surface area contributed by atoms with Crippen molar-refractivity contribution in [2.75, 3.05) is 23.2 Å². The fraction of sp³-hybridized carbons (Fsp3) is 0.173. The quantitative estimate of drug-likeness (QED) is 0.0530. The summed E-state index contributed by atoms with van der Waals surface area (Å²) in [7, 11) is -2.09. The van der Waals surface area contributed by atoms with Gasteiger partial charge in [-0.25, -0.2) is 0 Å². The van der Waals surface area contributed by atoms with E-state index in [0.717, 1.165) is 67.3 Å². The van der Waals surface area contributed by atoms with Gasteiger partial charge in [-0.05, 0) is 35.4 Å². The minimum Gasteiger partial charge on any atom is -0.363 e. The Hall–Kier alpha value is -6.62. The lowest BCUT2D eigenvalue weighted by atomic mass is 9.13. The van der Waals surface area contributed by atoms with E-state index in [0.29, 0.717) is 54.1 Å². The lowest BCUT2D eigenvalue weighted by molar-refractivity contribution is -0.138. The Morgan fingerprint density at radius 1 is 0.420 bits per heavy atom. The van der Waals surface area contributed by atoms with Crippen molar-refractivity contribution in [3.05, 3.63) is 221 Å². The molecule has 0 aromatic heterocycles. The summed E-state index contributed by atoms with van der Waals surface area (Å²) < 4.78 is 172. The van der Waals surface area contributed by atoms with Gasteiger partial charge in [0.1, 0.15) is 18.7 Å². The van der Waals surface area contributed by atoms with Crippen LogP contribution in [-0.2, 0) is 51.9 Å². The van der Waals surface area contributed by atoms with Crippen molar-refractivity contribution in [3.8, 4) is 0 Å². The summed E-state index contributed by atoms with van der Waals surface area (Å²) >= 11 is 0. The topological polar surface area (TPSA) is 37.4 Å². The Morgan fingerprint density at radius 3 is 0.942 bits per heavy atom. The average molecular weight is 984 g/mol. The zero-order valence-electron chi connectivity index (χ0n) is 36.7. The molecular formula is C52H42BF12NO2S. The van der Waals surface area contributed by atoms with Gasteiger partial charge >= 0.3 is 24.7 Å². The largest absolute Gasteiger partial charge is 0.416 e. The molecule has 0 fully saturated rings. The third-order valence-electron chi connectivity index (χ3n) is 11.4. The molecule has 0 saturated carbocycles. The maximum atomic E-state index is 13.3. The Kier molecular flexibility index (Phi) is 15.4. The number of hydrogen-bond donors (Lipinski definition) is 0. The lowest BCUT2D eigenvalue weighted by Crippen LogP contribution is -2.74. The van der Waals surface area contributed by atoms with E-state index in [1.165, 1.54) is 11.1 Å². The van der Waals surface area contributed by atoms with E-state index in [2.05, 4.69) is 29.2 Å². The van der Waals surface area contributed by atoms with Gasteiger partial charge in [-0.3, -0.25) is 4.79 Å². The molecule has 0 heterocycles. The van der Waals surface area contributed by atoms with E-state index in [-0.39, 0.29) is 33.4 Å². The Morgan fingerprint density at radius 2 is 0.696 bits per heavy atom. The molecule has 0 saturated heterocycles. The second kappa shape index (κ2) is 20.5. The molecule has 0 N–H and O–H groups in total. The van der Waals surface area contributed by atoms with Crippen molar-refractivity contribution in [1.29, 1.82) is 0 Å². The second-order valence-electron chi connectivity index (χ2n) is 16.7. The Labute approximate surface area is 391 Å². The molecule has 360 valence electrons. The average Bonchev–Trinajstić information content (AvgIpc) is 3.29. The van der Waals surface area contributed by atoms with Crippen molar-refractivity contribution >= 4 is 49.4 Å². The molecule has 0 unspecified atom stereocenters. The number of nitrogens with zero attached hydrogens (tertiary/aromatic N) is 1. The van der Waals surface area contributed by atoms with Gasteiger partial charge in [-0.1, -0.05) is 158 Å². The van der Waals surface area contributed by atoms with Crippen molar-refractivity contribution in [3.63, 3.8) is 0 Å². The van der Waals surface area contributed by atoms with Crippen LogP contribution in [0.2, 0.25) is 0 Å². The summed E-state index contributed by atoms with van der Waals surface area (Å²) in [6, 6.07) is 41.9. The molecule has 0 aliphatic carbocycles. The molecule has 0 aliphatic heterocycles. The maximum Gasteiger partial charge on any atom is 0.416 e. The summed E-state index contributed by atoms with van der Waals surface area (Å²) in [6.45, 7) is 1.56. The van der Waals surface area contributed by atoms with Gasteiger partial charge in [-0.2, -0.15) is 74.5 Å². The van der Waals surface area contributed by atoms with Crippen molar-refractivity contribution in [2.24, 2.45) is 0 Å². The first-order valence-corrected chi connectivity index (χ1v) is 23.5. The molecule has 0 aliphatic rings. The van der Waals surface area contributed by atoms with Crippen molar-refractivity contribution in [2.45, 2.75) is 37.8 Å². The molecule has 17 heteroatoms. The minimum atomic E-state index is -4.77. The monoisotopic (exact) mass is 983 g/mol. The van der Waals surface area contributed by atoms with Gasteiger partial charge in [0.05, 0.1) is 32.2 Å². The summed E-state index contributed by atoms with van der Waals surface area (Å²) in [5.74, 6) is 0.0172. The van der Waals surface area contributed by atoms with Gasteiger partial charge in [0.25, 0.3) is 0 Å². The number of rotatable bonds is 12. The molecule has 7 aromatic carbocycles. The summed E-state index contributed by atoms with van der Waals surface area (Å²) in [5.41, 5.74) is -0.167. The molecule has 7 aromatic rings. The van der Waals surface area contributed by atoms with E-state index in [1.807, 2.05) is 60.7 Å². The first-order valence-electron chi connectivity index (χ1n) is 21.0. The van der Waals surface area contributed by atoms with Gasteiger partial charge in [-0.15, -0.1) is 4.21 Å². The number of alkyl halides is 12.